The first-order valence-electron chi connectivity index (χ1n) is 8.88. The van der Waals surface area contributed by atoms with Crippen molar-refractivity contribution >= 4 is 17.4 Å². The number of ether oxygens (including phenoxy) is 3. The highest BCUT2D eigenvalue weighted by Crippen LogP contribution is 2.30. The monoisotopic (exact) mass is 394 g/mol. The van der Waals surface area contributed by atoms with E-state index in [-0.39, 0.29) is 6.01 Å². The molecule has 0 radical (unpaired) electrons. The summed E-state index contributed by atoms with van der Waals surface area (Å²) in [4.78, 5) is 21.1. The average molecular weight is 394 g/mol. The highest BCUT2D eigenvalue weighted by atomic mass is 16.5. The van der Waals surface area contributed by atoms with Crippen molar-refractivity contribution in [1.82, 2.24) is 9.97 Å². The molecule has 0 bridgehead atoms. The molecule has 29 heavy (non-hydrogen) atoms. The van der Waals surface area contributed by atoms with Crippen LogP contribution in [0, 0.1) is 13.8 Å². The van der Waals surface area contributed by atoms with Crippen LogP contribution in [0.15, 0.2) is 48.5 Å². The molecule has 1 aromatic heterocycles. The molecule has 1 heterocycles. The van der Waals surface area contributed by atoms with Crippen LogP contribution in [-0.2, 0) is 0 Å². The molecule has 0 unspecified atom stereocenters. The zero-order chi connectivity index (χ0) is 20.8. The number of urea groups is 1. The molecule has 2 amide bonds. The van der Waals surface area contributed by atoms with Gasteiger partial charge >= 0.3 is 12.0 Å². The molecular formula is C21H22N4O4. The van der Waals surface area contributed by atoms with Crippen molar-refractivity contribution in [3.8, 4) is 23.3 Å². The lowest BCUT2D eigenvalue weighted by Gasteiger charge is -2.14. The summed E-state index contributed by atoms with van der Waals surface area (Å²) < 4.78 is 16.1. The van der Waals surface area contributed by atoms with Crippen LogP contribution < -0.4 is 24.8 Å². The van der Waals surface area contributed by atoms with Crippen LogP contribution in [0.2, 0.25) is 0 Å². The molecule has 0 aliphatic carbocycles. The largest absolute Gasteiger partial charge is 0.493 e. The van der Waals surface area contributed by atoms with Crippen molar-refractivity contribution in [2.45, 2.75) is 13.8 Å². The fourth-order valence-corrected chi connectivity index (χ4v) is 2.70. The normalized spacial score (nSPS) is 10.2. The van der Waals surface area contributed by atoms with Gasteiger partial charge < -0.3 is 24.8 Å². The summed E-state index contributed by atoms with van der Waals surface area (Å²) in [5.74, 6) is 1.73. The van der Waals surface area contributed by atoms with Crippen molar-refractivity contribution < 1.29 is 19.0 Å². The summed E-state index contributed by atoms with van der Waals surface area (Å²) in [5, 5.41) is 5.53. The zero-order valence-electron chi connectivity index (χ0n) is 16.6. The summed E-state index contributed by atoms with van der Waals surface area (Å²) in [6.07, 6.45) is 0. The van der Waals surface area contributed by atoms with Gasteiger partial charge in [-0.15, -0.1) is 0 Å². The minimum atomic E-state index is -0.427. The van der Waals surface area contributed by atoms with Gasteiger partial charge in [0.2, 0.25) is 0 Å². The Morgan fingerprint density at radius 2 is 1.52 bits per heavy atom. The number of para-hydroxylation sites is 1. The number of benzene rings is 2. The first-order chi connectivity index (χ1) is 14.0. The summed E-state index contributed by atoms with van der Waals surface area (Å²) >= 11 is 0. The highest BCUT2D eigenvalue weighted by molar-refractivity contribution is 6.00. The van der Waals surface area contributed by atoms with E-state index in [0.717, 1.165) is 0 Å². The summed E-state index contributed by atoms with van der Waals surface area (Å²) in [6.45, 7) is 3.55. The molecule has 150 valence electrons. The van der Waals surface area contributed by atoms with Crippen molar-refractivity contribution in [1.29, 1.82) is 0 Å². The number of aryl methyl sites for hydroxylation is 2. The second-order valence-corrected chi connectivity index (χ2v) is 6.12. The Bertz CT molecular complexity index is 986. The number of hydrogen-bond acceptors (Lipinski definition) is 6. The van der Waals surface area contributed by atoms with E-state index >= 15 is 0 Å². The first-order valence-corrected chi connectivity index (χ1v) is 8.88. The van der Waals surface area contributed by atoms with Crippen LogP contribution in [0.3, 0.4) is 0 Å². The van der Waals surface area contributed by atoms with Crippen LogP contribution in [-0.4, -0.2) is 30.2 Å². The minimum Gasteiger partial charge on any atom is -0.493 e. The van der Waals surface area contributed by atoms with E-state index in [2.05, 4.69) is 20.6 Å². The van der Waals surface area contributed by atoms with Crippen molar-refractivity contribution in [2.24, 2.45) is 0 Å². The number of methoxy groups -OCH3 is 2. The Morgan fingerprint density at radius 3 is 2.14 bits per heavy atom. The van der Waals surface area contributed by atoms with Crippen LogP contribution in [0.25, 0.3) is 0 Å². The van der Waals surface area contributed by atoms with E-state index in [0.29, 0.717) is 40.0 Å². The van der Waals surface area contributed by atoms with Gasteiger partial charge in [-0.1, -0.05) is 18.2 Å². The van der Waals surface area contributed by atoms with Gasteiger partial charge in [0.05, 0.1) is 31.3 Å². The number of hydrogen-bond donors (Lipinski definition) is 2. The first kappa shape index (κ1) is 19.9. The fourth-order valence-electron chi connectivity index (χ4n) is 2.70. The second-order valence-electron chi connectivity index (χ2n) is 6.12. The molecule has 8 nitrogen and oxygen atoms in total. The third kappa shape index (κ3) is 4.92. The Kier molecular flexibility index (Phi) is 6.13. The molecule has 2 aromatic carbocycles. The van der Waals surface area contributed by atoms with Crippen molar-refractivity contribution in [3.63, 3.8) is 0 Å². The maximum atomic E-state index is 12.4. The quantitative estimate of drug-likeness (QED) is 0.637. The van der Waals surface area contributed by atoms with Crippen LogP contribution in [0.4, 0.5) is 16.2 Å². The lowest BCUT2D eigenvalue weighted by Crippen LogP contribution is -2.21. The minimum absolute atomic E-state index is 0.219. The average Bonchev–Trinajstić information content (AvgIpc) is 2.71. The molecule has 3 rings (SSSR count). The number of rotatable bonds is 6. The summed E-state index contributed by atoms with van der Waals surface area (Å²) in [7, 11) is 3.08. The van der Waals surface area contributed by atoms with Gasteiger partial charge in [0.15, 0.2) is 11.5 Å². The number of aromatic nitrogens is 2. The molecule has 0 atom stereocenters. The van der Waals surface area contributed by atoms with Crippen LogP contribution in [0.5, 0.6) is 23.3 Å². The molecule has 0 spiro atoms. The van der Waals surface area contributed by atoms with E-state index in [1.165, 1.54) is 7.11 Å². The SMILES string of the molecule is COc1ccc(NC(=O)Nc2c(C)nc(Oc3ccccc3)nc2C)cc1OC. The topological polar surface area (TPSA) is 94.6 Å². The maximum Gasteiger partial charge on any atom is 0.323 e. The summed E-state index contributed by atoms with van der Waals surface area (Å²) in [5.41, 5.74) is 2.25. The molecule has 8 heteroatoms. The third-order valence-corrected chi connectivity index (χ3v) is 4.08. The standard InChI is InChI=1S/C21H22N4O4/c1-13-19(14(2)23-21(22-13)29-16-8-6-5-7-9-16)25-20(26)24-15-10-11-17(27-3)18(12-15)28-4/h5-12H,1-4H3,(H2,24,25,26). The summed E-state index contributed by atoms with van der Waals surface area (Å²) in [6, 6.07) is 14.2. The Balaban J connectivity index is 1.72. The molecule has 0 saturated heterocycles. The number of nitrogens with zero attached hydrogens (tertiary/aromatic N) is 2. The van der Waals surface area contributed by atoms with Gasteiger partial charge in [-0.3, -0.25) is 0 Å². The molecule has 2 N–H and O–H groups in total. The van der Waals surface area contributed by atoms with Gasteiger partial charge in [0.25, 0.3) is 0 Å². The predicted octanol–water partition coefficient (Wildman–Crippen LogP) is 4.55. The van der Waals surface area contributed by atoms with Gasteiger partial charge in [-0.25, -0.2) is 4.79 Å². The smallest absolute Gasteiger partial charge is 0.323 e. The lowest BCUT2D eigenvalue weighted by atomic mass is 10.2. The van der Waals surface area contributed by atoms with Crippen molar-refractivity contribution in [3.05, 3.63) is 59.9 Å². The van der Waals surface area contributed by atoms with Crippen molar-refractivity contribution in [2.75, 3.05) is 24.9 Å². The molecular weight excluding hydrogens is 372 g/mol. The van der Waals surface area contributed by atoms with Crippen LogP contribution >= 0.6 is 0 Å². The van der Waals surface area contributed by atoms with Gasteiger partial charge in [0.1, 0.15) is 5.75 Å². The molecule has 0 aliphatic rings. The molecule has 0 aliphatic heterocycles. The highest BCUT2D eigenvalue weighted by Gasteiger charge is 2.14. The van der Waals surface area contributed by atoms with Gasteiger partial charge in [0, 0.05) is 11.8 Å². The predicted molar refractivity (Wildman–Crippen MR) is 110 cm³/mol. The van der Waals surface area contributed by atoms with E-state index < -0.39 is 6.03 Å². The zero-order valence-corrected chi connectivity index (χ0v) is 16.6. The van der Waals surface area contributed by atoms with Gasteiger partial charge in [-0.2, -0.15) is 9.97 Å². The fraction of sp³-hybridized carbons (Fsp3) is 0.190. The molecule has 0 saturated carbocycles. The molecule has 3 aromatic rings. The van der Waals surface area contributed by atoms with E-state index in [9.17, 15) is 4.79 Å². The van der Waals surface area contributed by atoms with Crippen LogP contribution in [0.1, 0.15) is 11.4 Å². The van der Waals surface area contributed by atoms with E-state index in [1.807, 2.05) is 30.3 Å². The molecule has 0 fully saturated rings. The Labute approximate surface area is 168 Å². The number of carbonyl (C=O) groups excluding carboxylic acids is 1. The number of carbonyl (C=O) groups is 1. The van der Waals surface area contributed by atoms with E-state index in [1.54, 1.807) is 39.2 Å². The van der Waals surface area contributed by atoms with Gasteiger partial charge in [-0.05, 0) is 38.1 Å². The number of amides is 2. The maximum absolute atomic E-state index is 12.4. The second kappa shape index (κ2) is 8.92. The Hall–Kier alpha value is -3.81. The number of anilines is 2. The lowest BCUT2D eigenvalue weighted by molar-refractivity contribution is 0.262. The number of nitrogens with one attached hydrogen (secondary N) is 2. The Morgan fingerprint density at radius 1 is 0.862 bits per heavy atom. The van der Waals surface area contributed by atoms with E-state index in [4.69, 9.17) is 14.2 Å². The third-order valence-electron chi connectivity index (χ3n) is 4.08.